The Bertz CT molecular complexity index is 945. The second-order valence-electron chi connectivity index (χ2n) is 7.48. The quantitative estimate of drug-likeness (QED) is 0.693. The van der Waals surface area contributed by atoms with E-state index in [1.807, 2.05) is 42.1 Å². The van der Waals surface area contributed by atoms with Crippen LogP contribution >= 0.6 is 0 Å². The number of carbonyl (C=O) groups is 1. The van der Waals surface area contributed by atoms with Crippen molar-refractivity contribution in [2.45, 2.75) is 32.2 Å². The fourth-order valence-corrected chi connectivity index (χ4v) is 3.55. The van der Waals surface area contributed by atoms with E-state index in [4.69, 9.17) is 5.11 Å². The predicted octanol–water partition coefficient (Wildman–Crippen LogP) is 2.67. The van der Waals surface area contributed by atoms with E-state index in [2.05, 4.69) is 27.5 Å². The molecule has 0 spiro atoms. The van der Waals surface area contributed by atoms with Crippen molar-refractivity contribution in [1.82, 2.24) is 20.1 Å². The molecule has 2 heterocycles. The lowest BCUT2D eigenvalue weighted by Gasteiger charge is -2.34. The third kappa shape index (κ3) is 3.97. The van der Waals surface area contributed by atoms with Crippen LogP contribution < -0.4 is 5.32 Å². The van der Waals surface area contributed by atoms with Crippen molar-refractivity contribution >= 4 is 5.91 Å². The Balaban J connectivity index is 1.44. The van der Waals surface area contributed by atoms with Gasteiger partial charge in [-0.25, -0.2) is 4.68 Å². The molecule has 1 aliphatic carbocycles. The van der Waals surface area contributed by atoms with Crippen LogP contribution in [0.4, 0.5) is 0 Å². The van der Waals surface area contributed by atoms with Crippen molar-refractivity contribution < 1.29 is 9.90 Å². The summed E-state index contributed by atoms with van der Waals surface area (Å²) < 4.78 is 1.83. The fourth-order valence-electron chi connectivity index (χ4n) is 3.55. The van der Waals surface area contributed by atoms with Crippen molar-refractivity contribution in [1.29, 1.82) is 0 Å². The third-order valence-electron chi connectivity index (χ3n) is 5.38. The number of hydrogen-bond donors (Lipinski definition) is 2. The molecule has 1 aliphatic rings. The molecule has 4 rings (SSSR count). The van der Waals surface area contributed by atoms with Gasteiger partial charge in [0.2, 0.25) is 0 Å². The van der Waals surface area contributed by atoms with Crippen LogP contribution in [-0.2, 0) is 6.42 Å². The SMILES string of the molecule is Cc1cnc(C(=O)NC2CC(CO)C2)cc1Cc1ccc(-n2cccn2)cc1. The maximum atomic E-state index is 12.5. The van der Waals surface area contributed by atoms with Crippen molar-refractivity contribution in [3.63, 3.8) is 0 Å². The number of rotatable bonds is 6. The second kappa shape index (κ2) is 7.94. The van der Waals surface area contributed by atoms with Crippen LogP contribution in [0.2, 0.25) is 0 Å². The summed E-state index contributed by atoms with van der Waals surface area (Å²) in [5.74, 6) is 0.174. The monoisotopic (exact) mass is 376 g/mol. The van der Waals surface area contributed by atoms with Gasteiger partial charge in [0.05, 0.1) is 5.69 Å². The highest BCUT2D eigenvalue weighted by Gasteiger charge is 2.30. The Hall–Kier alpha value is -2.99. The number of nitrogens with zero attached hydrogens (tertiary/aromatic N) is 3. The summed E-state index contributed by atoms with van der Waals surface area (Å²) in [6.07, 6.45) is 7.85. The molecule has 1 saturated carbocycles. The lowest BCUT2D eigenvalue weighted by Crippen LogP contribution is -2.45. The number of nitrogens with one attached hydrogen (secondary N) is 1. The van der Waals surface area contributed by atoms with Gasteiger partial charge in [0.25, 0.3) is 5.91 Å². The first kappa shape index (κ1) is 18.4. The number of hydrogen-bond acceptors (Lipinski definition) is 4. The molecule has 0 atom stereocenters. The van der Waals surface area contributed by atoms with Gasteiger partial charge in [0, 0.05) is 31.2 Å². The third-order valence-corrected chi connectivity index (χ3v) is 5.38. The molecule has 0 unspecified atom stereocenters. The number of aliphatic hydroxyl groups is 1. The zero-order valence-corrected chi connectivity index (χ0v) is 15.9. The zero-order chi connectivity index (χ0) is 19.5. The fraction of sp³-hybridized carbons (Fsp3) is 0.318. The Labute approximate surface area is 164 Å². The molecule has 2 N–H and O–H groups in total. The van der Waals surface area contributed by atoms with Gasteiger partial charge in [-0.3, -0.25) is 9.78 Å². The van der Waals surface area contributed by atoms with Crippen LogP contribution in [0, 0.1) is 12.8 Å². The van der Waals surface area contributed by atoms with Crippen LogP contribution in [0.1, 0.15) is 40.0 Å². The van der Waals surface area contributed by atoms with Gasteiger partial charge in [0.1, 0.15) is 5.69 Å². The Morgan fingerprint density at radius 2 is 2.07 bits per heavy atom. The lowest BCUT2D eigenvalue weighted by atomic mass is 9.81. The number of carbonyl (C=O) groups excluding carboxylic acids is 1. The summed E-state index contributed by atoms with van der Waals surface area (Å²) in [6.45, 7) is 2.21. The van der Waals surface area contributed by atoms with Gasteiger partial charge in [-0.05, 0) is 73.1 Å². The van der Waals surface area contributed by atoms with E-state index in [-0.39, 0.29) is 18.6 Å². The molecule has 0 saturated heterocycles. The number of aryl methyl sites for hydroxylation is 1. The number of aromatic nitrogens is 3. The average molecular weight is 376 g/mol. The summed E-state index contributed by atoms with van der Waals surface area (Å²) in [6, 6.07) is 12.2. The molecule has 144 valence electrons. The Morgan fingerprint density at radius 1 is 1.29 bits per heavy atom. The van der Waals surface area contributed by atoms with E-state index in [1.165, 1.54) is 5.56 Å². The van der Waals surface area contributed by atoms with Crippen molar-refractivity contribution in [2.24, 2.45) is 5.92 Å². The summed E-state index contributed by atoms with van der Waals surface area (Å²) in [5, 5.41) is 16.4. The minimum atomic E-state index is -0.142. The minimum Gasteiger partial charge on any atom is -0.396 e. The molecule has 0 bridgehead atoms. The van der Waals surface area contributed by atoms with Crippen LogP contribution in [0.25, 0.3) is 5.69 Å². The molecular weight excluding hydrogens is 352 g/mol. The van der Waals surface area contributed by atoms with E-state index >= 15 is 0 Å². The highest BCUT2D eigenvalue weighted by Crippen LogP contribution is 2.26. The van der Waals surface area contributed by atoms with Gasteiger partial charge in [-0.15, -0.1) is 0 Å². The van der Waals surface area contributed by atoms with E-state index in [9.17, 15) is 4.79 Å². The standard InChI is InChI=1S/C22H24N4O2/c1-15-13-23-21(22(28)25-19-10-17(11-19)14-27)12-18(15)9-16-3-5-20(6-4-16)26-8-2-7-24-26/h2-8,12-13,17,19,27H,9-11,14H2,1H3,(H,25,28). The van der Waals surface area contributed by atoms with E-state index < -0.39 is 0 Å². The molecule has 28 heavy (non-hydrogen) atoms. The number of benzene rings is 1. The number of pyridine rings is 1. The summed E-state index contributed by atoms with van der Waals surface area (Å²) in [7, 11) is 0. The maximum absolute atomic E-state index is 12.5. The van der Waals surface area contributed by atoms with Crippen molar-refractivity contribution in [3.05, 3.63) is 77.4 Å². The minimum absolute atomic E-state index is 0.142. The molecule has 2 aromatic heterocycles. The molecule has 1 amide bonds. The van der Waals surface area contributed by atoms with E-state index in [0.29, 0.717) is 11.6 Å². The Kier molecular flexibility index (Phi) is 5.21. The number of aliphatic hydroxyl groups excluding tert-OH is 1. The van der Waals surface area contributed by atoms with Gasteiger partial charge in [-0.1, -0.05) is 12.1 Å². The second-order valence-corrected chi connectivity index (χ2v) is 7.48. The highest BCUT2D eigenvalue weighted by atomic mass is 16.3. The number of amides is 1. The van der Waals surface area contributed by atoms with Crippen LogP contribution in [0.5, 0.6) is 0 Å². The molecule has 3 aromatic rings. The van der Waals surface area contributed by atoms with Crippen molar-refractivity contribution in [2.75, 3.05) is 6.61 Å². The van der Waals surface area contributed by atoms with Gasteiger partial charge in [-0.2, -0.15) is 5.10 Å². The van der Waals surface area contributed by atoms with E-state index in [1.54, 1.807) is 12.4 Å². The zero-order valence-electron chi connectivity index (χ0n) is 15.9. The van der Waals surface area contributed by atoms with Crippen LogP contribution in [0.3, 0.4) is 0 Å². The Morgan fingerprint density at radius 3 is 2.75 bits per heavy atom. The van der Waals surface area contributed by atoms with Gasteiger partial charge < -0.3 is 10.4 Å². The van der Waals surface area contributed by atoms with Gasteiger partial charge >= 0.3 is 0 Å². The molecule has 6 heteroatoms. The van der Waals surface area contributed by atoms with Crippen LogP contribution in [0.15, 0.2) is 55.0 Å². The maximum Gasteiger partial charge on any atom is 0.270 e. The first-order valence-corrected chi connectivity index (χ1v) is 9.58. The molecule has 1 fully saturated rings. The highest BCUT2D eigenvalue weighted by molar-refractivity contribution is 5.92. The average Bonchev–Trinajstić information content (AvgIpc) is 3.21. The van der Waals surface area contributed by atoms with Gasteiger partial charge in [0.15, 0.2) is 0 Å². The first-order chi connectivity index (χ1) is 13.6. The smallest absolute Gasteiger partial charge is 0.270 e. The summed E-state index contributed by atoms with van der Waals surface area (Å²) >= 11 is 0. The van der Waals surface area contributed by atoms with E-state index in [0.717, 1.165) is 36.1 Å². The first-order valence-electron chi connectivity index (χ1n) is 9.58. The van der Waals surface area contributed by atoms with Crippen LogP contribution in [-0.4, -0.2) is 38.4 Å². The summed E-state index contributed by atoms with van der Waals surface area (Å²) in [5.41, 5.74) is 4.79. The molecule has 1 aromatic carbocycles. The lowest BCUT2D eigenvalue weighted by molar-refractivity contribution is 0.0827. The molecule has 6 nitrogen and oxygen atoms in total. The predicted molar refractivity (Wildman–Crippen MR) is 106 cm³/mol. The largest absolute Gasteiger partial charge is 0.396 e. The van der Waals surface area contributed by atoms with Crippen molar-refractivity contribution in [3.8, 4) is 5.69 Å². The normalized spacial score (nSPS) is 18.5. The molecule has 0 aliphatic heterocycles. The molecular formula is C22H24N4O2. The topological polar surface area (TPSA) is 80.0 Å². The summed E-state index contributed by atoms with van der Waals surface area (Å²) in [4.78, 5) is 16.8. The molecule has 0 radical (unpaired) electrons.